The Labute approximate surface area is 176 Å². The zero-order chi connectivity index (χ0) is 20.5. The van der Waals surface area contributed by atoms with E-state index in [2.05, 4.69) is 25.2 Å². The van der Waals surface area contributed by atoms with Gasteiger partial charge in [-0.1, -0.05) is 36.4 Å². The van der Waals surface area contributed by atoms with Gasteiger partial charge in [0.05, 0.1) is 19.8 Å². The van der Waals surface area contributed by atoms with Crippen molar-refractivity contribution in [3.63, 3.8) is 0 Å². The Morgan fingerprint density at radius 2 is 1.93 bits per heavy atom. The molecule has 0 aliphatic carbocycles. The van der Waals surface area contributed by atoms with Gasteiger partial charge in [0, 0.05) is 39.8 Å². The molecular weight excluding hydrogens is 388 g/mol. The highest BCUT2D eigenvalue weighted by molar-refractivity contribution is 7.71. The number of aromatic nitrogens is 3. The summed E-state index contributed by atoms with van der Waals surface area (Å²) in [7, 11) is 1.62. The number of benzene rings is 1. The van der Waals surface area contributed by atoms with Crippen LogP contribution in [-0.2, 0) is 16.2 Å². The van der Waals surface area contributed by atoms with Crippen LogP contribution in [0.1, 0.15) is 11.4 Å². The second-order valence-corrected chi connectivity index (χ2v) is 7.31. The number of carbonyl (C=O) groups is 1. The molecule has 0 bridgehead atoms. The maximum Gasteiger partial charge on any atom is 0.234 e. The molecule has 2 aromatic rings. The average molecular weight is 417 g/mol. The average Bonchev–Trinajstić information content (AvgIpc) is 3.08. The number of piperazine rings is 1. The summed E-state index contributed by atoms with van der Waals surface area (Å²) in [4.78, 5) is 20.8. The monoisotopic (exact) mass is 416 g/mol. The number of methoxy groups -OCH3 is 1. The van der Waals surface area contributed by atoms with Gasteiger partial charge in [-0.3, -0.25) is 19.7 Å². The molecule has 0 unspecified atom stereocenters. The number of rotatable bonds is 9. The standard InChI is InChI=1S/C20H28N6O2S/c1-28-14-9-21-19(27)15-24-10-12-25(13-11-24)16-26-20(29)22-18(23-26)8-7-17-5-3-2-4-6-17/h2-8H,9-16H2,1H3,(H,21,27)(H,22,23,29). The van der Waals surface area contributed by atoms with Gasteiger partial charge in [0.25, 0.3) is 0 Å². The minimum atomic E-state index is 0.0427. The molecule has 2 N–H and O–H groups in total. The molecule has 0 radical (unpaired) electrons. The van der Waals surface area contributed by atoms with Gasteiger partial charge in [0.15, 0.2) is 0 Å². The fourth-order valence-electron chi connectivity index (χ4n) is 3.12. The van der Waals surface area contributed by atoms with E-state index in [0.717, 1.165) is 37.6 Å². The third-order valence-electron chi connectivity index (χ3n) is 4.73. The fraction of sp³-hybridized carbons (Fsp3) is 0.450. The second kappa shape index (κ2) is 11.0. The van der Waals surface area contributed by atoms with Crippen LogP contribution in [0.3, 0.4) is 0 Å². The van der Waals surface area contributed by atoms with E-state index in [1.54, 1.807) is 7.11 Å². The Balaban J connectivity index is 1.46. The second-order valence-electron chi connectivity index (χ2n) is 6.94. The molecular formula is C20H28N6O2S. The first kappa shape index (κ1) is 21.4. The Morgan fingerprint density at radius 3 is 2.66 bits per heavy atom. The molecule has 156 valence electrons. The summed E-state index contributed by atoms with van der Waals surface area (Å²) in [6.45, 7) is 5.62. The largest absolute Gasteiger partial charge is 0.383 e. The number of nitrogens with zero attached hydrogens (tertiary/aromatic N) is 4. The van der Waals surface area contributed by atoms with Gasteiger partial charge < -0.3 is 10.1 Å². The van der Waals surface area contributed by atoms with Crippen LogP contribution in [0.2, 0.25) is 0 Å². The zero-order valence-corrected chi connectivity index (χ0v) is 17.5. The summed E-state index contributed by atoms with van der Waals surface area (Å²) >= 11 is 5.39. The van der Waals surface area contributed by atoms with Gasteiger partial charge in [-0.15, -0.1) is 0 Å². The molecule has 29 heavy (non-hydrogen) atoms. The van der Waals surface area contributed by atoms with Gasteiger partial charge >= 0.3 is 0 Å². The number of carbonyl (C=O) groups excluding carboxylic acids is 1. The predicted molar refractivity (Wildman–Crippen MR) is 116 cm³/mol. The summed E-state index contributed by atoms with van der Waals surface area (Å²) in [5, 5.41) is 6.11. The Hall–Kier alpha value is -2.33. The molecule has 1 aromatic heterocycles. The molecule has 0 saturated carbocycles. The van der Waals surface area contributed by atoms with Crippen molar-refractivity contribution in [2.45, 2.75) is 6.67 Å². The van der Waals surface area contributed by atoms with Crippen molar-refractivity contribution in [2.75, 3.05) is 53.0 Å². The van der Waals surface area contributed by atoms with Crippen molar-refractivity contribution >= 4 is 30.3 Å². The highest BCUT2D eigenvalue weighted by Crippen LogP contribution is 2.07. The van der Waals surface area contributed by atoms with Crippen LogP contribution in [0.25, 0.3) is 12.2 Å². The van der Waals surface area contributed by atoms with Crippen molar-refractivity contribution in [2.24, 2.45) is 0 Å². The van der Waals surface area contributed by atoms with Crippen molar-refractivity contribution in [1.29, 1.82) is 0 Å². The van der Waals surface area contributed by atoms with E-state index in [4.69, 9.17) is 17.0 Å². The first-order valence-electron chi connectivity index (χ1n) is 9.74. The van der Waals surface area contributed by atoms with E-state index in [9.17, 15) is 4.79 Å². The van der Waals surface area contributed by atoms with Crippen molar-refractivity contribution in [3.8, 4) is 0 Å². The van der Waals surface area contributed by atoms with Gasteiger partial charge in [0.1, 0.15) is 5.82 Å². The minimum absolute atomic E-state index is 0.0427. The van der Waals surface area contributed by atoms with Crippen molar-refractivity contribution < 1.29 is 9.53 Å². The highest BCUT2D eigenvalue weighted by Gasteiger charge is 2.19. The van der Waals surface area contributed by atoms with E-state index in [1.807, 2.05) is 47.2 Å². The molecule has 0 spiro atoms. The lowest BCUT2D eigenvalue weighted by Crippen LogP contribution is -2.49. The van der Waals surface area contributed by atoms with Crippen molar-refractivity contribution in [1.82, 2.24) is 29.9 Å². The molecule has 1 aliphatic heterocycles. The van der Waals surface area contributed by atoms with Crippen LogP contribution in [0.15, 0.2) is 30.3 Å². The van der Waals surface area contributed by atoms with Crippen LogP contribution >= 0.6 is 12.2 Å². The molecule has 3 rings (SSSR count). The lowest BCUT2D eigenvalue weighted by atomic mass is 10.2. The Kier molecular flexibility index (Phi) is 8.12. The number of aromatic amines is 1. The number of hydrogen-bond acceptors (Lipinski definition) is 6. The molecule has 1 aromatic carbocycles. The first-order chi connectivity index (χ1) is 14.1. The Bertz CT molecular complexity index is 855. The molecule has 9 heteroatoms. The van der Waals surface area contributed by atoms with Crippen LogP contribution in [0.4, 0.5) is 0 Å². The lowest BCUT2D eigenvalue weighted by molar-refractivity contribution is -0.122. The van der Waals surface area contributed by atoms with Crippen LogP contribution < -0.4 is 5.32 Å². The van der Waals surface area contributed by atoms with E-state index in [1.165, 1.54) is 0 Å². The van der Waals surface area contributed by atoms with Gasteiger partial charge in [0.2, 0.25) is 10.7 Å². The molecule has 0 atom stereocenters. The molecule has 1 fully saturated rings. The number of nitrogens with one attached hydrogen (secondary N) is 2. The zero-order valence-electron chi connectivity index (χ0n) is 16.7. The van der Waals surface area contributed by atoms with Gasteiger partial charge in [-0.25, -0.2) is 4.68 Å². The van der Waals surface area contributed by atoms with E-state index in [-0.39, 0.29) is 5.91 Å². The normalized spacial score (nSPS) is 15.8. The smallest absolute Gasteiger partial charge is 0.234 e. The number of hydrogen-bond donors (Lipinski definition) is 2. The van der Waals surface area contributed by atoms with Crippen molar-refractivity contribution in [3.05, 3.63) is 46.5 Å². The first-order valence-corrected chi connectivity index (χ1v) is 10.1. The summed E-state index contributed by atoms with van der Waals surface area (Å²) in [5.41, 5.74) is 1.11. The maximum absolute atomic E-state index is 11.9. The topological polar surface area (TPSA) is 78.4 Å². The third kappa shape index (κ3) is 6.90. The predicted octanol–water partition coefficient (Wildman–Crippen LogP) is 1.45. The maximum atomic E-state index is 11.9. The summed E-state index contributed by atoms with van der Waals surface area (Å²) in [5.74, 6) is 0.784. The Morgan fingerprint density at radius 1 is 1.21 bits per heavy atom. The lowest BCUT2D eigenvalue weighted by Gasteiger charge is -2.34. The molecule has 1 saturated heterocycles. The van der Waals surface area contributed by atoms with Gasteiger partial charge in [-0.2, -0.15) is 4.98 Å². The highest BCUT2D eigenvalue weighted by atomic mass is 32.1. The molecule has 1 aliphatic rings. The van der Waals surface area contributed by atoms with Crippen LogP contribution in [-0.4, -0.2) is 83.5 Å². The van der Waals surface area contributed by atoms with Crippen LogP contribution in [0.5, 0.6) is 0 Å². The third-order valence-corrected chi connectivity index (χ3v) is 5.04. The quantitative estimate of drug-likeness (QED) is 0.476. The van der Waals surface area contributed by atoms with Crippen LogP contribution in [0, 0.1) is 4.77 Å². The van der Waals surface area contributed by atoms with Gasteiger partial charge in [-0.05, 0) is 23.9 Å². The number of H-pyrrole nitrogens is 1. The van der Waals surface area contributed by atoms with E-state index in [0.29, 0.717) is 31.1 Å². The minimum Gasteiger partial charge on any atom is -0.383 e. The summed E-state index contributed by atoms with van der Waals surface area (Å²) < 4.78 is 7.37. The SMILES string of the molecule is COCCNC(=O)CN1CCN(Cn2[nH]c(C=Cc3ccccc3)nc2=S)CC1. The van der Waals surface area contributed by atoms with E-state index < -0.39 is 0 Å². The summed E-state index contributed by atoms with van der Waals surface area (Å²) in [6, 6.07) is 10.1. The molecule has 8 nitrogen and oxygen atoms in total. The number of ether oxygens (including phenoxy) is 1. The summed E-state index contributed by atoms with van der Waals surface area (Å²) in [6.07, 6.45) is 3.94. The number of amides is 1. The molecule has 2 heterocycles. The fourth-order valence-corrected chi connectivity index (χ4v) is 3.33. The van der Waals surface area contributed by atoms with E-state index >= 15 is 0 Å². The molecule has 1 amide bonds.